The van der Waals surface area contributed by atoms with Crippen molar-refractivity contribution in [3.8, 4) is 0 Å². The van der Waals surface area contributed by atoms with Crippen molar-refractivity contribution in [2.24, 2.45) is 0 Å². The second-order valence-corrected chi connectivity index (χ2v) is 2.44. The maximum absolute atomic E-state index is 3.54. The highest BCUT2D eigenvalue weighted by atomic mass is 15.0. The molecule has 0 unspecified atom stereocenters. The Labute approximate surface area is 64.9 Å². The average Bonchev–Trinajstić information content (AvgIpc) is 1.82. The SMILES string of the molecule is C=CCNCC.CN(C)C. The fraction of sp³-hybridized carbons (Fsp3) is 0.750. The standard InChI is InChI=1S/C5H11N.C3H9N/c1-3-5-6-4-2;1-4(2)3/h3,6H,1,4-5H2,2H3;1-3H3. The number of hydrogen-bond donors (Lipinski definition) is 1. The van der Waals surface area contributed by atoms with E-state index < -0.39 is 0 Å². The number of nitrogens with zero attached hydrogens (tertiary/aromatic N) is 1. The molecule has 0 rings (SSSR count). The van der Waals surface area contributed by atoms with Crippen molar-refractivity contribution in [2.45, 2.75) is 6.92 Å². The minimum atomic E-state index is 0.927. The molecule has 0 aliphatic rings. The lowest BCUT2D eigenvalue weighted by Crippen LogP contribution is -2.10. The highest BCUT2D eigenvalue weighted by molar-refractivity contribution is 4.68. The van der Waals surface area contributed by atoms with Gasteiger partial charge in [0.1, 0.15) is 0 Å². The maximum atomic E-state index is 3.54. The lowest BCUT2D eigenvalue weighted by Gasteiger charge is -1.90. The Bertz CT molecular complexity index is 57.5. The Morgan fingerprint density at radius 2 is 1.80 bits per heavy atom. The number of rotatable bonds is 3. The van der Waals surface area contributed by atoms with Gasteiger partial charge in [-0.3, -0.25) is 0 Å². The highest BCUT2D eigenvalue weighted by Crippen LogP contribution is 1.55. The van der Waals surface area contributed by atoms with Crippen molar-refractivity contribution in [3.63, 3.8) is 0 Å². The van der Waals surface area contributed by atoms with Crippen LogP contribution in [0.25, 0.3) is 0 Å². The summed E-state index contributed by atoms with van der Waals surface area (Å²) in [6, 6.07) is 0. The van der Waals surface area contributed by atoms with Gasteiger partial charge in [-0.25, -0.2) is 0 Å². The van der Waals surface area contributed by atoms with Gasteiger partial charge in [0.2, 0.25) is 0 Å². The maximum Gasteiger partial charge on any atom is 0.0132 e. The molecule has 0 atom stereocenters. The van der Waals surface area contributed by atoms with Gasteiger partial charge in [0.25, 0.3) is 0 Å². The molecule has 0 spiro atoms. The molecule has 0 aromatic heterocycles. The van der Waals surface area contributed by atoms with E-state index in [1.165, 1.54) is 0 Å². The van der Waals surface area contributed by atoms with Crippen molar-refractivity contribution in [3.05, 3.63) is 12.7 Å². The molecule has 0 aromatic carbocycles. The first-order chi connectivity index (χ1) is 4.65. The minimum absolute atomic E-state index is 0.927. The van der Waals surface area contributed by atoms with Crippen LogP contribution in [0.2, 0.25) is 0 Å². The van der Waals surface area contributed by atoms with E-state index in [-0.39, 0.29) is 0 Å². The number of hydrogen-bond acceptors (Lipinski definition) is 2. The largest absolute Gasteiger partial charge is 0.314 e. The van der Waals surface area contributed by atoms with Gasteiger partial charge >= 0.3 is 0 Å². The first kappa shape index (κ1) is 12.3. The summed E-state index contributed by atoms with van der Waals surface area (Å²) >= 11 is 0. The third-order valence-electron chi connectivity index (χ3n) is 0.539. The summed E-state index contributed by atoms with van der Waals surface area (Å²) in [6.45, 7) is 7.57. The third kappa shape index (κ3) is 48.0. The number of nitrogens with one attached hydrogen (secondary N) is 1. The van der Waals surface area contributed by atoms with E-state index in [9.17, 15) is 0 Å². The molecule has 0 amide bonds. The van der Waals surface area contributed by atoms with Crippen LogP contribution in [0.3, 0.4) is 0 Å². The van der Waals surface area contributed by atoms with E-state index >= 15 is 0 Å². The molecule has 10 heavy (non-hydrogen) atoms. The predicted molar refractivity (Wildman–Crippen MR) is 48.4 cm³/mol. The summed E-state index contributed by atoms with van der Waals surface area (Å²) in [5.41, 5.74) is 0. The summed E-state index contributed by atoms with van der Waals surface area (Å²) in [4.78, 5) is 2.00. The van der Waals surface area contributed by atoms with Gasteiger partial charge in [-0.05, 0) is 27.7 Å². The molecule has 0 aromatic rings. The van der Waals surface area contributed by atoms with Crippen molar-refractivity contribution in [2.75, 3.05) is 34.2 Å². The highest BCUT2D eigenvalue weighted by Gasteiger charge is 1.66. The van der Waals surface area contributed by atoms with Crippen molar-refractivity contribution in [1.82, 2.24) is 10.2 Å². The van der Waals surface area contributed by atoms with Gasteiger partial charge in [0.15, 0.2) is 0 Å². The summed E-state index contributed by atoms with van der Waals surface area (Å²) in [5.74, 6) is 0. The smallest absolute Gasteiger partial charge is 0.0132 e. The molecule has 0 saturated heterocycles. The quantitative estimate of drug-likeness (QED) is 0.469. The van der Waals surface area contributed by atoms with E-state index in [2.05, 4.69) is 18.8 Å². The van der Waals surface area contributed by atoms with E-state index in [0.29, 0.717) is 0 Å². The Balaban J connectivity index is 0. The third-order valence-corrected chi connectivity index (χ3v) is 0.539. The van der Waals surface area contributed by atoms with E-state index in [1.807, 2.05) is 32.1 Å². The van der Waals surface area contributed by atoms with Crippen LogP contribution < -0.4 is 5.32 Å². The normalized spacial score (nSPS) is 8.50. The summed E-state index contributed by atoms with van der Waals surface area (Å²) in [5, 5.41) is 3.08. The summed E-state index contributed by atoms with van der Waals surface area (Å²) in [7, 11) is 6.00. The van der Waals surface area contributed by atoms with Crippen molar-refractivity contribution >= 4 is 0 Å². The molecule has 0 aliphatic carbocycles. The fourth-order valence-electron chi connectivity index (χ4n) is 0.246. The zero-order chi connectivity index (χ0) is 8.41. The van der Waals surface area contributed by atoms with Crippen LogP contribution in [-0.2, 0) is 0 Å². The molecule has 0 fully saturated rings. The first-order valence-electron chi connectivity index (χ1n) is 3.57. The molecule has 1 N–H and O–H groups in total. The van der Waals surface area contributed by atoms with Crippen molar-refractivity contribution < 1.29 is 0 Å². The van der Waals surface area contributed by atoms with Gasteiger partial charge in [-0.1, -0.05) is 13.0 Å². The van der Waals surface area contributed by atoms with Crippen LogP contribution in [0.5, 0.6) is 0 Å². The molecule has 2 heteroatoms. The lowest BCUT2D eigenvalue weighted by molar-refractivity contribution is 0.505. The topological polar surface area (TPSA) is 15.3 Å². The van der Waals surface area contributed by atoms with E-state index in [4.69, 9.17) is 0 Å². The second kappa shape index (κ2) is 11.5. The molecule has 0 saturated carbocycles. The molecule has 2 nitrogen and oxygen atoms in total. The molecule has 0 bridgehead atoms. The predicted octanol–water partition coefficient (Wildman–Crippen LogP) is 0.960. The minimum Gasteiger partial charge on any atom is -0.314 e. The Morgan fingerprint density at radius 1 is 1.40 bits per heavy atom. The van der Waals surface area contributed by atoms with Crippen LogP contribution in [0.4, 0.5) is 0 Å². The fourth-order valence-corrected chi connectivity index (χ4v) is 0.246. The van der Waals surface area contributed by atoms with E-state index in [1.54, 1.807) is 0 Å². The molecular formula is C8H20N2. The van der Waals surface area contributed by atoms with Gasteiger partial charge in [0, 0.05) is 6.54 Å². The molecule has 0 aliphatic heterocycles. The molecule has 0 radical (unpaired) electrons. The average molecular weight is 144 g/mol. The van der Waals surface area contributed by atoms with E-state index in [0.717, 1.165) is 13.1 Å². The Morgan fingerprint density at radius 3 is 1.90 bits per heavy atom. The van der Waals surface area contributed by atoms with Crippen molar-refractivity contribution in [1.29, 1.82) is 0 Å². The zero-order valence-electron chi connectivity index (χ0n) is 7.65. The van der Waals surface area contributed by atoms with Crippen LogP contribution >= 0.6 is 0 Å². The van der Waals surface area contributed by atoms with Crippen LogP contribution in [0.15, 0.2) is 12.7 Å². The second-order valence-electron chi connectivity index (χ2n) is 2.44. The number of likely N-dealkylation sites (N-methyl/N-ethyl adjacent to an activating group) is 1. The summed E-state index contributed by atoms with van der Waals surface area (Å²) < 4.78 is 0. The van der Waals surface area contributed by atoms with Crippen LogP contribution in [0.1, 0.15) is 6.92 Å². The first-order valence-corrected chi connectivity index (χ1v) is 3.57. The Hall–Kier alpha value is -0.340. The van der Waals surface area contributed by atoms with Crippen LogP contribution in [0, 0.1) is 0 Å². The zero-order valence-corrected chi connectivity index (χ0v) is 7.65. The van der Waals surface area contributed by atoms with Gasteiger partial charge in [-0.15, -0.1) is 6.58 Å². The summed E-state index contributed by atoms with van der Waals surface area (Å²) in [6.07, 6.45) is 1.85. The lowest BCUT2D eigenvalue weighted by atomic mass is 10.6. The van der Waals surface area contributed by atoms with Gasteiger partial charge in [-0.2, -0.15) is 0 Å². The molecule has 0 heterocycles. The Kier molecular flexibility index (Phi) is 14.1. The van der Waals surface area contributed by atoms with Gasteiger partial charge in [0.05, 0.1) is 0 Å². The molecule has 62 valence electrons. The van der Waals surface area contributed by atoms with Crippen LogP contribution in [-0.4, -0.2) is 39.1 Å². The van der Waals surface area contributed by atoms with Gasteiger partial charge < -0.3 is 10.2 Å². The molecular weight excluding hydrogens is 124 g/mol. The monoisotopic (exact) mass is 144 g/mol.